The first kappa shape index (κ1) is 14.8. The molecule has 0 radical (unpaired) electrons. The molecule has 0 aliphatic heterocycles. The molecule has 2 atom stereocenters. The van der Waals surface area contributed by atoms with Crippen molar-refractivity contribution in [2.45, 2.75) is 75.9 Å². The summed E-state index contributed by atoms with van der Waals surface area (Å²) < 4.78 is 5.98. The lowest BCUT2D eigenvalue weighted by atomic mass is 9.81. The summed E-state index contributed by atoms with van der Waals surface area (Å²) in [6.45, 7) is 0.792. The molecule has 2 rings (SSSR count). The molecule has 0 aromatic heterocycles. The van der Waals surface area contributed by atoms with E-state index < -0.39 is 11.5 Å². The van der Waals surface area contributed by atoms with E-state index in [1.54, 1.807) is 0 Å². The topological polar surface area (TPSA) is 72.6 Å². The lowest BCUT2D eigenvalue weighted by Gasteiger charge is -2.35. The molecule has 4 nitrogen and oxygen atoms in total. The Kier molecular flexibility index (Phi) is 5.22. The third kappa shape index (κ3) is 4.18. The fraction of sp³-hybridized carbons (Fsp3) is 0.933. The highest BCUT2D eigenvalue weighted by atomic mass is 16.5. The number of carboxylic acids is 1. The summed E-state index contributed by atoms with van der Waals surface area (Å²) in [7, 11) is 0. The maximum Gasteiger partial charge on any atom is 0.323 e. The first-order chi connectivity index (χ1) is 9.10. The highest BCUT2D eigenvalue weighted by molar-refractivity contribution is 5.78. The maximum absolute atomic E-state index is 11.2. The van der Waals surface area contributed by atoms with Crippen LogP contribution in [0.3, 0.4) is 0 Å². The molecule has 3 N–H and O–H groups in total. The SMILES string of the molecule is NC1(C(=O)O)CCCC(OCC2CCCCCC2)C1. The van der Waals surface area contributed by atoms with Crippen LogP contribution in [-0.4, -0.2) is 29.3 Å². The molecular weight excluding hydrogens is 242 g/mol. The van der Waals surface area contributed by atoms with Gasteiger partial charge >= 0.3 is 5.97 Å². The molecule has 4 heteroatoms. The monoisotopic (exact) mass is 269 g/mol. The van der Waals surface area contributed by atoms with Gasteiger partial charge in [-0.1, -0.05) is 25.7 Å². The van der Waals surface area contributed by atoms with Crippen LogP contribution in [0.15, 0.2) is 0 Å². The third-order valence-corrected chi connectivity index (χ3v) is 4.71. The van der Waals surface area contributed by atoms with Gasteiger partial charge < -0.3 is 15.6 Å². The lowest BCUT2D eigenvalue weighted by molar-refractivity contribution is -0.147. The number of carboxylic acid groups (broad SMARTS) is 1. The summed E-state index contributed by atoms with van der Waals surface area (Å²) in [5.41, 5.74) is 4.88. The van der Waals surface area contributed by atoms with Crippen LogP contribution in [0.2, 0.25) is 0 Å². The van der Waals surface area contributed by atoms with Crippen molar-refractivity contribution >= 4 is 5.97 Å². The maximum atomic E-state index is 11.2. The minimum absolute atomic E-state index is 0.0399. The number of carbonyl (C=O) groups is 1. The lowest BCUT2D eigenvalue weighted by Crippen LogP contribution is -2.53. The molecule has 110 valence electrons. The molecule has 2 aliphatic carbocycles. The van der Waals surface area contributed by atoms with Crippen LogP contribution in [0.1, 0.15) is 64.2 Å². The first-order valence-corrected chi connectivity index (χ1v) is 7.74. The highest BCUT2D eigenvalue weighted by Gasteiger charge is 2.39. The van der Waals surface area contributed by atoms with E-state index in [4.69, 9.17) is 10.5 Å². The van der Waals surface area contributed by atoms with Crippen molar-refractivity contribution in [3.05, 3.63) is 0 Å². The van der Waals surface area contributed by atoms with Gasteiger partial charge in [-0.05, 0) is 38.0 Å². The van der Waals surface area contributed by atoms with Crippen LogP contribution in [0.25, 0.3) is 0 Å². The number of aliphatic carboxylic acids is 1. The van der Waals surface area contributed by atoms with Crippen LogP contribution in [0.5, 0.6) is 0 Å². The minimum atomic E-state index is -1.06. The molecule has 0 saturated heterocycles. The normalized spacial score (nSPS) is 33.8. The fourth-order valence-corrected chi connectivity index (χ4v) is 3.39. The van der Waals surface area contributed by atoms with E-state index in [9.17, 15) is 9.90 Å². The summed E-state index contributed by atoms with van der Waals surface area (Å²) in [6.07, 6.45) is 10.8. The van der Waals surface area contributed by atoms with Gasteiger partial charge in [0.2, 0.25) is 0 Å². The van der Waals surface area contributed by atoms with Crippen molar-refractivity contribution in [2.24, 2.45) is 11.7 Å². The van der Waals surface area contributed by atoms with Crippen LogP contribution in [-0.2, 0) is 9.53 Å². The van der Waals surface area contributed by atoms with E-state index in [2.05, 4.69) is 0 Å². The van der Waals surface area contributed by atoms with E-state index in [-0.39, 0.29) is 6.10 Å². The van der Waals surface area contributed by atoms with Crippen molar-refractivity contribution in [1.82, 2.24) is 0 Å². The first-order valence-electron chi connectivity index (χ1n) is 7.74. The average molecular weight is 269 g/mol. The highest BCUT2D eigenvalue weighted by Crippen LogP contribution is 2.30. The second-order valence-corrected chi connectivity index (χ2v) is 6.37. The zero-order valence-electron chi connectivity index (χ0n) is 11.8. The fourth-order valence-electron chi connectivity index (χ4n) is 3.39. The van der Waals surface area contributed by atoms with Crippen LogP contribution >= 0.6 is 0 Å². The van der Waals surface area contributed by atoms with Crippen LogP contribution in [0.4, 0.5) is 0 Å². The molecule has 0 amide bonds. The molecule has 0 spiro atoms. The molecule has 19 heavy (non-hydrogen) atoms. The van der Waals surface area contributed by atoms with Gasteiger partial charge in [0.1, 0.15) is 5.54 Å². The Morgan fingerprint density at radius 1 is 1.16 bits per heavy atom. The summed E-state index contributed by atoms with van der Waals surface area (Å²) in [6, 6.07) is 0. The van der Waals surface area contributed by atoms with E-state index in [1.807, 2.05) is 0 Å². The molecule has 0 bridgehead atoms. The molecule has 2 saturated carbocycles. The summed E-state index contributed by atoms with van der Waals surface area (Å²) in [4.78, 5) is 11.2. The summed E-state index contributed by atoms with van der Waals surface area (Å²) in [5.74, 6) is -0.211. The van der Waals surface area contributed by atoms with Gasteiger partial charge in [-0.25, -0.2) is 0 Å². The van der Waals surface area contributed by atoms with Crippen molar-refractivity contribution in [3.8, 4) is 0 Å². The largest absolute Gasteiger partial charge is 0.480 e. The van der Waals surface area contributed by atoms with Gasteiger partial charge in [0, 0.05) is 13.0 Å². The van der Waals surface area contributed by atoms with Gasteiger partial charge in [-0.2, -0.15) is 0 Å². The van der Waals surface area contributed by atoms with Crippen LogP contribution in [0, 0.1) is 5.92 Å². The van der Waals surface area contributed by atoms with Crippen molar-refractivity contribution < 1.29 is 14.6 Å². The van der Waals surface area contributed by atoms with Crippen molar-refractivity contribution in [1.29, 1.82) is 0 Å². The Morgan fingerprint density at radius 3 is 2.47 bits per heavy atom. The molecule has 2 fully saturated rings. The Bertz CT molecular complexity index is 300. The summed E-state index contributed by atoms with van der Waals surface area (Å²) >= 11 is 0. The predicted molar refractivity (Wildman–Crippen MR) is 74.0 cm³/mol. The second-order valence-electron chi connectivity index (χ2n) is 6.37. The van der Waals surface area contributed by atoms with Gasteiger partial charge in [-0.15, -0.1) is 0 Å². The van der Waals surface area contributed by atoms with Gasteiger partial charge in [0.05, 0.1) is 6.10 Å². The number of nitrogens with two attached hydrogens (primary N) is 1. The smallest absolute Gasteiger partial charge is 0.323 e. The van der Waals surface area contributed by atoms with Crippen LogP contribution < -0.4 is 5.73 Å². The Labute approximate surface area is 115 Å². The zero-order valence-corrected chi connectivity index (χ0v) is 11.8. The number of ether oxygens (including phenoxy) is 1. The molecule has 0 aromatic carbocycles. The average Bonchev–Trinajstić information content (AvgIpc) is 2.65. The Hall–Kier alpha value is -0.610. The number of rotatable bonds is 4. The van der Waals surface area contributed by atoms with Gasteiger partial charge in [-0.3, -0.25) is 4.79 Å². The number of hydrogen-bond acceptors (Lipinski definition) is 3. The second kappa shape index (κ2) is 6.71. The quantitative estimate of drug-likeness (QED) is 0.770. The van der Waals surface area contributed by atoms with Crippen molar-refractivity contribution in [2.75, 3.05) is 6.61 Å². The molecule has 0 aromatic rings. The van der Waals surface area contributed by atoms with E-state index in [0.29, 0.717) is 18.8 Å². The standard InChI is InChI=1S/C15H27NO3/c16-15(14(17)18)9-5-8-13(10-15)19-11-12-6-3-1-2-4-7-12/h12-13H,1-11,16H2,(H,17,18). The van der Waals surface area contributed by atoms with Gasteiger partial charge in [0.15, 0.2) is 0 Å². The van der Waals surface area contributed by atoms with E-state index in [0.717, 1.165) is 19.4 Å². The van der Waals surface area contributed by atoms with E-state index >= 15 is 0 Å². The Morgan fingerprint density at radius 2 is 1.84 bits per heavy atom. The van der Waals surface area contributed by atoms with E-state index in [1.165, 1.54) is 38.5 Å². The zero-order chi connectivity index (χ0) is 13.7. The minimum Gasteiger partial charge on any atom is -0.480 e. The predicted octanol–water partition coefficient (Wildman–Crippen LogP) is 2.70. The van der Waals surface area contributed by atoms with Gasteiger partial charge in [0.25, 0.3) is 0 Å². The molecule has 2 unspecified atom stereocenters. The van der Waals surface area contributed by atoms with Crippen molar-refractivity contribution in [3.63, 3.8) is 0 Å². The molecule has 2 aliphatic rings. The summed E-state index contributed by atoms with van der Waals surface area (Å²) in [5, 5.41) is 9.19. The molecular formula is C15H27NO3. The third-order valence-electron chi connectivity index (χ3n) is 4.71. The molecule has 0 heterocycles. The number of hydrogen-bond donors (Lipinski definition) is 2. The Balaban J connectivity index is 1.77.